The minimum atomic E-state index is -1.43. The van der Waals surface area contributed by atoms with Crippen LogP contribution in [0.1, 0.15) is 26.3 Å². The summed E-state index contributed by atoms with van der Waals surface area (Å²) < 4.78 is -0.881. The average Bonchev–Trinajstić information content (AvgIpc) is 2.61. The number of hydrogen-bond acceptors (Lipinski definition) is 5. The van der Waals surface area contributed by atoms with E-state index in [1.807, 2.05) is 30.3 Å². The van der Waals surface area contributed by atoms with E-state index in [0.29, 0.717) is 0 Å². The van der Waals surface area contributed by atoms with E-state index < -0.39 is 28.1 Å². The third-order valence-electron chi connectivity index (χ3n) is 4.65. The second kappa shape index (κ2) is 9.13. The van der Waals surface area contributed by atoms with Gasteiger partial charge in [-0.05, 0) is 26.3 Å². The van der Waals surface area contributed by atoms with Gasteiger partial charge in [-0.2, -0.15) is 5.01 Å². The number of quaternary nitrogens is 1. The van der Waals surface area contributed by atoms with Gasteiger partial charge in [-0.3, -0.25) is 5.01 Å². The number of hydrazine groups is 1. The molecule has 0 heterocycles. The van der Waals surface area contributed by atoms with Crippen molar-refractivity contribution in [2.45, 2.75) is 32.9 Å². The van der Waals surface area contributed by atoms with Crippen molar-refractivity contribution >= 4 is 17.9 Å². The number of likely N-dealkylation sites (N-methyl/N-ethyl adjacent to an activating group) is 2. The lowest BCUT2D eigenvalue weighted by Gasteiger charge is -2.40. The lowest BCUT2D eigenvalue weighted by molar-refractivity contribution is -1.01. The van der Waals surface area contributed by atoms with Gasteiger partial charge in [0.1, 0.15) is 26.2 Å². The Hall–Kier alpha value is -2.49. The van der Waals surface area contributed by atoms with Gasteiger partial charge in [0, 0.05) is 20.1 Å². The molecule has 9 heteroatoms. The van der Waals surface area contributed by atoms with Gasteiger partial charge in [-0.25, -0.2) is 19.6 Å². The number of carbonyl (C=O) groups is 3. The first-order valence-electron chi connectivity index (χ1n) is 9.00. The van der Waals surface area contributed by atoms with Crippen LogP contribution in [0.25, 0.3) is 0 Å². The van der Waals surface area contributed by atoms with Crippen molar-refractivity contribution in [1.82, 2.24) is 14.9 Å². The Bertz CT molecular complexity index is 700. The van der Waals surface area contributed by atoms with Gasteiger partial charge in [0.25, 0.3) is 0 Å². The number of benzene rings is 1. The topological polar surface area (TPSA) is 101 Å². The Morgan fingerprint density at radius 3 is 2.07 bits per heavy atom. The molecule has 1 aromatic carbocycles. The fourth-order valence-corrected chi connectivity index (χ4v) is 2.36. The maximum Gasteiger partial charge on any atom is 0.361 e. The lowest BCUT2D eigenvalue weighted by Crippen LogP contribution is -2.60. The third-order valence-corrected chi connectivity index (χ3v) is 4.65. The van der Waals surface area contributed by atoms with Crippen LogP contribution < -0.4 is 0 Å². The van der Waals surface area contributed by atoms with Crippen molar-refractivity contribution in [2.75, 3.05) is 34.2 Å². The Kier molecular flexibility index (Phi) is 7.68. The summed E-state index contributed by atoms with van der Waals surface area (Å²) in [7, 11) is 4.08. The summed E-state index contributed by atoms with van der Waals surface area (Å²) in [6.45, 7) is 4.84. The number of carbonyl (C=O) groups excluding carboxylic acids is 2. The number of hydroxylamine groups is 3. The van der Waals surface area contributed by atoms with E-state index in [-0.39, 0.29) is 19.6 Å². The first-order valence-corrected chi connectivity index (χ1v) is 9.00. The van der Waals surface area contributed by atoms with Crippen LogP contribution in [0.15, 0.2) is 30.3 Å². The molecule has 0 atom stereocenters. The van der Waals surface area contributed by atoms with Gasteiger partial charge in [0.05, 0.1) is 0 Å². The van der Waals surface area contributed by atoms with Crippen molar-refractivity contribution in [1.29, 1.82) is 0 Å². The molecule has 0 fully saturated rings. The van der Waals surface area contributed by atoms with E-state index in [9.17, 15) is 24.7 Å². The smallest absolute Gasteiger partial charge is 0.361 e. The predicted molar refractivity (Wildman–Crippen MR) is 103 cm³/mol. The Morgan fingerprint density at radius 2 is 1.64 bits per heavy atom. The van der Waals surface area contributed by atoms with Crippen molar-refractivity contribution in [3.8, 4) is 0 Å². The number of amides is 3. The second-order valence-corrected chi connectivity index (χ2v) is 7.52. The molecule has 3 amide bonds. The fraction of sp³-hybridized carbons (Fsp3) is 0.526. The number of carboxylic acid groups (broad SMARTS) is 1. The highest BCUT2D eigenvalue weighted by atomic mass is 16.6. The van der Waals surface area contributed by atoms with Crippen molar-refractivity contribution < 1.29 is 29.3 Å². The molecule has 0 unspecified atom stereocenters. The van der Waals surface area contributed by atoms with Crippen LogP contribution >= 0.6 is 0 Å². The molecule has 1 aromatic rings. The van der Waals surface area contributed by atoms with Crippen LogP contribution in [0, 0.1) is 0 Å². The van der Waals surface area contributed by atoms with Crippen molar-refractivity contribution in [3.05, 3.63) is 35.9 Å². The molecule has 0 saturated heterocycles. The molecular weight excluding hydrogens is 364 g/mol. The predicted octanol–water partition coefficient (Wildman–Crippen LogP) is 1.63. The molecule has 0 aliphatic heterocycles. The molecular formula is C19H31N4O5+. The molecule has 0 bridgehead atoms. The number of carboxylic acids is 1. The number of urea groups is 1. The summed E-state index contributed by atoms with van der Waals surface area (Å²) in [6, 6.07) is 8.72. The summed E-state index contributed by atoms with van der Waals surface area (Å²) in [5, 5.41) is 22.2. The van der Waals surface area contributed by atoms with Crippen LogP contribution in [-0.2, 0) is 16.1 Å². The maximum absolute atomic E-state index is 13.1. The molecule has 2 N–H and O–H groups in total. The summed E-state index contributed by atoms with van der Waals surface area (Å²) in [6.07, 6.45) is 0. The normalized spacial score (nSPS) is 12.0. The SMILES string of the molecule is CCN(C(=O)N(C)C(C)(C)C(=O)O)N(CC(=O)[N+](C)(C)O)Cc1ccccc1. The van der Waals surface area contributed by atoms with Gasteiger partial charge in [-0.15, -0.1) is 4.65 Å². The van der Waals surface area contributed by atoms with E-state index in [4.69, 9.17) is 0 Å². The van der Waals surface area contributed by atoms with Gasteiger partial charge in [0.2, 0.25) is 0 Å². The lowest BCUT2D eigenvalue weighted by atomic mass is 10.1. The molecule has 0 spiro atoms. The van der Waals surface area contributed by atoms with E-state index >= 15 is 0 Å². The fourth-order valence-electron chi connectivity index (χ4n) is 2.36. The quantitative estimate of drug-likeness (QED) is 0.394. The van der Waals surface area contributed by atoms with E-state index in [1.165, 1.54) is 45.0 Å². The summed E-state index contributed by atoms with van der Waals surface area (Å²) in [5.41, 5.74) is -0.566. The molecule has 0 aliphatic rings. The van der Waals surface area contributed by atoms with Crippen molar-refractivity contribution in [2.24, 2.45) is 0 Å². The number of hydrogen-bond donors (Lipinski definition) is 2. The minimum absolute atomic E-state index is 0.220. The zero-order valence-corrected chi connectivity index (χ0v) is 17.4. The average molecular weight is 395 g/mol. The third kappa shape index (κ3) is 5.75. The summed E-state index contributed by atoms with van der Waals surface area (Å²) in [5.74, 6) is -1.65. The van der Waals surface area contributed by atoms with Crippen LogP contribution in [0.4, 0.5) is 4.79 Å². The molecule has 1 rings (SSSR count). The van der Waals surface area contributed by atoms with Crippen LogP contribution in [0.5, 0.6) is 0 Å². The first-order chi connectivity index (χ1) is 12.8. The van der Waals surface area contributed by atoms with Crippen LogP contribution in [0.2, 0.25) is 0 Å². The maximum atomic E-state index is 13.1. The molecule has 0 aliphatic carbocycles. The molecule has 0 radical (unpaired) electrons. The monoisotopic (exact) mass is 395 g/mol. The van der Waals surface area contributed by atoms with Gasteiger partial charge in [-0.1, -0.05) is 30.3 Å². The van der Waals surface area contributed by atoms with Gasteiger partial charge < -0.3 is 10.0 Å². The summed E-state index contributed by atoms with van der Waals surface area (Å²) >= 11 is 0. The zero-order chi connectivity index (χ0) is 21.7. The molecule has 0 saturated carbocycles. The number of rotatable bonds is 8. The van der Waals surface area contributed by atoms with Gasteiger partial charge in [0.15, 0.2) is 0 Å². The summed E-state index contributed by atoms with van der Waals surface area (Å²) in [4.78, 5) is 38.1. The van der Waals surface area contributed by atoms with Gasteiger partial charge >= 0.3 is 17.9 Å². The van der Waals surface area contributed by atoms with Crippen molar-refractivity contribution in [3.63, 3.8) is 0 Å². The second-order valence-electron chi connectivity index (χ2n) is 7.52. The molecule has 0 aromatic heterocycles. The van der Waals surface area contributed by atoms with E-state index in [0.717, 1.165) is 10.5 Å². The highest BCUT2D eigenvalue weighted by Crippen LogP contribution is 2.18. The van der Waals surface area contributed by atoms with E-state index in [1.54, 1.807) is 6.92 Å². The first kappa shape index (κ1) is 23.5. The zero-order valence-electron chi connectivity index (χ0n) is 17.4. The largest absolute Gasteiger partial charge is 0.480 e. The number of nitrogens with zero attached hydrogens (tertiary/aromatic N) is 4. The highest BCUT2D eigenvalue weighted by Gasteiger charge is 2.39. The van der Waals surface area contributed by atoms with Crippen LogP contribution in [-0.4, -0.2) is 87.6 Å². The standard InChI is InChI=1S/C19H30N4O5/c1-7-22(18(27)20(4)19(2,3)17(25)26)21(14-16(24)23(5,6)28)13-15-11-9-8-10-12-15/h8-12,28H,7,13-14H2,1-6H3/p+1. The van der Waals surface area contributed by atoms with E-state index in [2.05, 4.69) is 0 Å². The molecule has 9 nitrogen and oxygen atoms in total. The minimum Gasteiger partial charge on any atom is -0.480 e. The molecule has 156 valence electrons. The Balaban J connectivity index is 3.21. The number of aliphatic carboxylic acids is 1. The van der Waals surface area contributed by atoms with Crippen LogP contribution in [0.3, 0.4) is 0 Å². The highest BCUT2D eigenvalue weighted by molar-refractivity contribution is 5.85. The Morgan fingerprint density at radius 1 is 1.11 bits per heavy atom. The Labute approximate surface area is 165 Å². The molecule has 28 heavy (non-hydrogen) atoms.